The van der Waals surface area contributed by atoms with Gasteiger partial charge in [-0.05, 0) is 36.6 Å². The molecule has 0 amide bonds. The van der Waals surface area contributed by atoms with Gasteiger partial charge in [-0.2, -0.15) is 9.98 Å². The van der Waals surface area contributed by atoms with E-state index in [1.807, 2.05) is 13.8 Å². The van der Waals surface area contributed by atoms with Crippen LogP contribution in [0.4, 0.5) is 0 Å². The molecule has 0 fully saturated rings. The molecule has 126 valence electrons. The summed E-state index contributed by atoms with van der Waals surface area (Å²) in [6.07, 6.45) is 0.264. The number of ether oxygens (including phenoxy) is 2. The third-order valence-electron chi connectivity index (χ3n) is 2.94. The molecular formula is C15H20N2O5S. The number of hydrogen-bond donors (Lipinski definition) is 1. The van der Waals surface area contributed by atoms with Gasteiger partial charge in [-0.25, -0.2) is 8.42 Å². The zero-order valence-corrected chi connectivity index (χ0v) is 14.1. The summed E-state index contributed by atoms with van der Waals surface area (Å²) in [6.45, 7) is 3.29. The van der Waals surface area contributed by atoms with E-state index in [0.29, 0.717) is 5.75 Å². The van der Waals surface area contributed by atoms with Crippen molar-refractivity contribution in [3.8, 4) is 11.8 Å². The van der Waals surface area contributed by atoms with E-state index in [2.05, 4.69) is 4.72 Å². The summed E-state index contributed by atoms with van der Waals surface area (Å²) in [4.78, 5) is 11.9. The van der Waals surface area contributed by atoms with Crippen molar-refractivity contribution in [1.82, 2.24) is 4.72 Å². The van der Waals surface area contributed by atoms with Crippen molar-refractivity contribution in [3.63, 3.8) is 0 Å². The highest BCUT2D eigenvalue weighted by atomic mass is 32.2. The maximum absolute atomic E-state index is 12.4. The molecule has 8 heteroatoms. The largest absolute Gasteiger partial charge is 0.497 e. The molecule has 23 heavy (non-hydrogen) atoms. The molecule has 0 aliphatic rings. The number of rotatable bonds is 8. The zero-order valence-electron chi connectivity index (χ0n) is 13.3. The lowest BCUT2D eigenvalue weighted by atomic mass is 10.1. The van der Waals surface area contributed by atoms with Crippen molar-refractivity contribution in [1.29, 1.82) is 5.26 Å². The summed E-state index contributed by atoms with van der Waals surface area (Å²) in [5.74, 6) is -0.179. The number of carbonyl (C=O) groups excluding carboxylic acids is 1. The number of esters is 1. The first kappa shape index (κ1) is 18.9. The highest BCUT2D eigenvalue weighted by Crippen LogP contribution is 2.17. The highest BCUT2D eigenvalue weighted by Gasteiger charge is 2.27. The fourth-order valence-electron chi connectivity index (χ4n) is 1.88. The van der Waals surface area contributed by atoms with Gasteiger partial charge in [0.2, 0.25) is 10.0 Å². The predicted molar refractivity (Wildman–Crippen MR) is 83.1 cm³/mol. The summed E-state index contributed by atoms with van der Waals surface area (Å²) in [5, 5.41) is 8.46. The maximum Gasteiger partial charge on any atom is 0.325 e. The van der Waals surface area contributed by atoms with Gasteiger partial charge in [0.15, 0.2) is 6.61 Å². The Labute approximate surface area is 136 Å². The maximum atomic E-state index is 12.4. The molecule has 1 rings (SSSR count). The van der Waals surface area contributed by atoms with Gasteiger partial charge in [-0.1, -0.05) is 13.8 Å². The molecule has 0 aromatic heterocycles. The topological polar surface area (TPSA) is 105 Å². The molecule has 0 saturated carbocycles. The average molecular weight is 340 g/mol. The number of hydrogen-bond acceptors (Lipinski definition) is 6. The van der Waals surface area contributed by atoms with Crippen molar-refractivity contribution in [2.45, 2.75) is 31.2 Å². The van der Waals surface area contributed by atoms with E-state index < -0.39 is 28.6 Å². The molecule has 0 aliphatic carbocycles. The van der Waals surface area contributed by atoms with Crippen molar-refractivity contribution in [3.05, 3.63) is 24.3 Å². The van der Waals surface area contributed by atoms with Crippen LogP contribution in [0, 0.1) is 17.2 Å². The van der Waals surface area contributed by atoms with E-state index in [1.165, 1.54) is 31.4 Å². The second-order valence-electron chi connectivity index (χ2n) is 5.24. The molecule has 0 unspecified atom stereocenters. The van der Waals surface area contributed by atoms with Crippen LogP contribution >= 0.6 is 0 Å². The molecule has 1 aromatic carbocycles. The monoisotopic (exact) mass is 340 g/mol. The minimum absolute atomic E-state index is 0.0140. The van der Waals surface area contributed by atoms with Crippen LogP contribution in [0.2, 0.25) is 0 Å². The lowest BCUT2D eigenvalue weighted by molar-refractivity contribution is -0.144. The van der Waals surface area contributed by atoms with Crippen LogP contribution in [-0.2, 0) is 19.6 Å². The Morgan fingerprint density at radius 3 is 2.39 bits per heavy atom. The van der Waals surface area contributed by atoms with Crippen LogP contribution in [0.3, 0.4) is 0 Å². The zero-order chi connectivity index (χ0) is 17.5. The average Bonchev–Trinajstić information content (AvgIpc) is 2.51. The number of sulfonamides is 1. The van der Waals surface area contributed by atoms with Crippen LogP contribution in [0.5, 0.6) is 5.75 Å². The van der Waals surface area contributed by atoms with Crippen LogP contribution in [0.25, 0.3) is 0 Å². The van der Waals surface area contributed by atoms with Gasteiger partial charge >= 0.3 is 5.97 Å². The first-order valence-electron chi connectivity index (χ1n) is 7.00. The van der Waals surface area contributed by atoms with Gasteiger partial charge in [-0.3, -0.25) is 4.79 Å². The van der Waals surface area contributed by atoms with Crippen LogP contribution in [0.15, 0.2) is 29.2 Å². The van der Waals surface area contributed by atoms with Crippen molar-refractivity contribution < 1.29 is 22.7 Å². The Hall–Kier alpha value is -2.11. The second kappa shape index (κ2) is 8.50. The predicted octanol–water partition coefficient (Wildman–Crippen LogP) is 1.45. The Kier molecular flexibility index (Phi) is 7.00. The Bertz CT molecular complexity index is 662. The summed E-state index contributed by atoms with van der Waals surface area (Å²) in [6, 6.07) is 6.43. The molecule has 1 atom stereocenters. The molecule has 0 saturated heterocycles. The van der Waals surface area contributed by atoms with E-state index in [4.69, 9.17) is 14.7 Å². The lowest BCUT2D eigenvalue weighted by Crippen LogP contribution is -2.42. The van der Waals surface area contributed by atoms with Gasteiger partial charge in [0.1, 0.15) is 17.9 Å². The molecule has 0 spiro atoms. The third-order valence-corrected chi connectivity index (χ3v) is 4.43. The smallest absolute Gasteiger partial charge is 0.325 e. The fourth-order valence-corrected chi connectivity index (χ4v) is 3.08. The van der Waals surface area contributed by atoms with E-state index in [0.717, 1.165) is 0 Å². The molecule has 1 N–H and O–H groups in total. The van der Waals surface area contributed by atoms with Crippen molar-refractivity contribution >= 4 is 16.0 Å². The van der Waals surface area contributed by atoms with Gasteiger partial charge in [0.05, 0.1) is 12.0 Å². The van der Waals surface area contributed by atoms with E-state index in [9.17, 15) is 13.2 Å². The van der Waals surface area contributed by atoms with Gasteiger partial charge < -0.3 is 9.47 Å². The minimum atomic E-state index is -3.89. The van der Waals surface area contributed by atoms with Crippen molar-refractivity contribution in [2.75, 3.05) is 13.7 Å². The van der Waals surface area contributed by atoms with E-state index in [1.54, 1.807) is 6.07 Å². The lowest BCUT2D eigenvalue weighted by Gasteiger charge is -2.18. The van der Waals surface area contributed by atoms with Gasteiger partial charge in [-0.15, -0.1) is 0 Å². The Balaban J connectivity index is 2.95. The third kappa shape index (κ3) is 5.88. The van der Waals surface area contributed by atoms with Crippen LogP contribution < -0.4 is 9.46 Å². The second-order valence-corrected chi connectivity index (χ2v) is 6.96. The van der Waals surface area contributed by atoms with Crippen LogP contribution in [0.1, 0.15) is 20.3 Å². The molecule has 0 bridgehead atoms. The molecule has 0 radical (unpaired) electrons. The SMILES string of the molecule is COc1ccc(S(=O)(=O)N[C@@H](CC(C)C)C(=O)OCC#N)cc1. The molecular weight excluding hydrogens is 320 g/mol. The standard InChI is InChI=1S/C15H20N2O5S/c1-11(2)10-14(15(18)22-9-8-16)17-23(19,20)13-6-4-12(21-3)5-7-13/h4-7,11,14,17H,9-10H2,1-3H3/t14-/m0/s1. The quantitative estimate of drug-likeness (QED) is 0.718. The number of nitrogens with zero attached hydrogens (tertiary/aromatic N) is 1. The van der Waals surface area contributed by atoms with Crippen LogP contribution in [-0.4, -0.2) is 34.1 Å². The Morgan fingerprint density at radius 1 is 1.30 bits per heavy atom. The van der Waals surface area contributed by atoms with E-state index >= 15 is 0 Å². The van der Waals surface area contributed by atoms with Gasteiger partial charge in [0.25, 0.3) is 0 Å². The first-order chi connectivity index (χ1) is 10.8. The number of methoxy groups -OCH3 is 1. The highest BCUT2D eigenvalue weighted by molar-refractivity contribution is 7.89. The summed E-state index contributed by atoms with van der Waals surface area (Å²) < 4.78 is 36.8. The molecule has 7 nitrogen and oxygen atoms in total. The number of carbonyl (C=O) groups is 1. The van der Waals surface area contributed by atoms with Gasteiger partial charge in [0, 0.05) is 0 Å². The molecule has 1 aromatic rings. The minimum Gasteiger partial charge on any atom is -0.497 e. The summed E-state index contributed by atoms with van der Waals surface area (Å²) in [7, 11) is -2.41. The molecule has 0 heterocycles. The Morgan fingerprint density at radius 2 is 1.91 bits per heavy atom. The molecule has 0 aliphatic heterocycles. The van der Waals surface area contributed by atoms with Crippen molar-refractivity contribution in [2.24, 2.45) is 5.92 Å². The first-order valence-corrected chi connectivity index (χ1v) is 8.48. The summed E-state index contributed by atoms with van der Waals surface area (Å²) in [5.41, 5.74) is 0. The normalized spacial score (nSPS) is 12.5. The summed E-state index contributed by atoms with van der Waals surface area (Å²) >= 11 is 0. The van der Waals surface area contributed by atoms with E-state index in [-0.39, 0.29) is 17.2 Å². The number of nitriles is 1. The fraction of sp³-hybridized carbons (Fsp3) is 0.467. The number of nitrogens with one attached hydrogen (secondary N) is 1. The number of benzene rings is 1.